The number of benzene rings is 3. The summed E-state index contributed by atoms with van der Waals surface area (Å²) in [5.74, 6) is -0.834. The SMILES string of the molecule is CCOc1cc(/C=N\NC(=O)C(=O)Nc2ccc(OC)cc2)ccc1OCC(=O)Nc1ccc(C)c(Cl)c1. The Kier molecular flexibility index (Phi) is 10.1. The van der Waals surface area contributed by atoms with Gasteiger partial charge in [0.2, 0.25) is 0 Å². The zero-order valence-corrected chi connectivity index (χ0v) is 21.8. The molecular weight excluding hydrogens is 512 g/mol. The summed E-state index contributed by atoms with van der Waals surface area (Å²) >= 11 is 6.10. The highest BCUT2D eigenvalue weighted by Crippen LogP contribution is 2.28. The summed E-state index contributed by atoms with van der Waals surface area (Å²) in [6, 6.07) is 16.6. The van der Waals surface area contributed by atoms with Crippen molar-refractivity contribution < 1.29 is 28.6 Å². The van der Waals surface area contributed by atoms with Crippen molar-refractivity contribution in [2.45, 2.75) is 13.8 Å². The van der Waals surface area contributed by atoms with E-state index in [0.717, 1.165) is 5.56 Å². The number of nitrogens with zero attached hydrogens (tertiary/aromatic N) is 1. The van der Waals surface area contributed by atoms with E-state index in [1.807, 2.05) is 13.0 Å². The van der Waals surface area contributed by atoms with Crippen LogP contribution in [0.15, 0.2) is 65.8 Å². The number of hydrogen-bond donors (Lipinski definition) is 3. The van der Waals surface area contributed by atoms with Crippen molar-refractivity contribution in [3.8, 4) is 17.2 Å². The molecule has 0 saturated carbocycles. The maximum atomic E-state index is 12.3. The average molecular weight is 539 g/mol. The Balaban J connectivity index is 1.55. The zero-order valence-electron chi connectivity index (χ0n) is 21.0. The predicted octanol–water partition coefficient (Wildman–Crippen LogP) is 4.16. The van der Waals surface area contributed by atoms with Crippen LogP contribution in [0.5, 0.6) is 17.2 Å². The summed E-state index contributed by atoms with van der Waals surface area (Å²) in [5, 5.41) is 9.55. The van der Waals surface area contributed by atoms with Gasteiger partial charge >= 0.3 is 11.8 Å². The highest BCUT2D eigenvalue weighted by atomic mass is 35.5. The zero-order chi connectivity index (χ0) is 27.5. The molecule has 0 aliphatic carbocycles. The van der Waals surface area contributed by atoms with Gasteiger partial charge in [0.05, 0.1) is 19.9 Å². The van der Waals surface area contributed by atoms with Gasteiger partial charge in [0.25, 0.3) is 5.91 Å². The van der Waals surface area contributed by atoms with Crippen molar-refractivity contribution in [2.24, 2.45) is 5.10 Å². The van der Waals surface area contributed by atoms with Crippen molar-refractivity contribution in [1.82, 2.24) is 5.43 Å². The minimum atomic E-state index is -0.942. The highest BCUT2D eigenvalue weighted by molar-refractivity contribution is 6.39. The van der Waals surface area contributed by atoms with Crippen molar-refractivity contribution in [1.29, 1.82) is 0 Å². The average Bonchev–Trinajstić information content (AvgIpc) is 2.91. The topological polar surface area (TPSA) is 127 Å². The van der Waals surface area contributed by atoms with Gasteiger partial charge in [-0.05, 0) is 79.6 Å². The summed E-state index contributed by atoms with van der Waals surface area (Å²) < 4.78 is 16.3. The van der Waals surface area contributed by atoms with Crippen molar-refractivity contribution in [2.75, 3.05) is 31.0 Å². The first-order valence-electron chi connectivity index (χ1n) is 11.5. The maximum absolute atomic E-state index is 12.3. The van der Waals surface area contributed by atoms with Gasteiger partial charge in [-0.25, -0.2) is 5.43 Å². The van der Waals surface area contributed by atoms with Crippen molar-refractivity contribution in [3.63, 3.8) is 0 Å². The molecule has 0 heterocycles. The summed E-state index contributed by atoms with van der Waals surface area (Å²) in [4.78, 5) is 36.4. The molecule has 0 aromatic heterocycles. The van der Waals surface area contributed by atoms with Crippen LogP contribution in [0.1, 0.15) is 18.1 Å². The smallest absolute Gasteiger partial charge is 0.329 e. The lowest BCUT2D eigenvalue weighted by Gasteiger charge is -2.13. The number of hydrogen-bond acceptors (Lipinski definition) is 7. The molecule has 3 aromatic rings. The molecule has 10 nitrogen and oxygen atoms in total. The molecule has 0 fully saturated rings. The van der Waals surface area contributed by atoms with E-state index in [9.17, 15) is 14.4 Å². The second-order valence-corrected chi connectivity index (χ2v) is 8.23. The van der Waals surface area contributed by atoms with Crippen LogP contribution in [0.25, 0.3) is 0 Å². The Morgan fingerprint density at radius 3 is 2.32 bits per heavy atom. The van der Waals surface area contributed by atoms with E-state index in [2.05, 4.69) is 21.2 Å². The van der Waals surface area contributed by atoms with E-state index in [1.165, 1.54) is 13.3 Å². The van der Waals surface area contributed by atoms with E-state index in [-0.39, 0.29) is 12.5 Å². The lowest BCUT2D eigenvalue weighted by molar-refractivity contribution is -0.136. The molecule has 3 amide bonds. The minimum absolute atomic E-state index is 0.252. The summed E-state index contributed by atoms with van der Waals surface area (Å²) in [5.41, 5.74) is 4.63. The largest absolute Gasteiger partial charge is 0.497 e. The van der Waals surface area contributed by atoms with E-state index in [4.69, 9.17) is 25.8 Å². The van der Waals surface area contributed by atoms with Crippen LogP contribution < -0.4 is 30.3 Å². The second kappa shape index (κ2) is 13.7. The molecule has 0 bridgehead atoms. The second-order valence-electron chi connectivity index (χ2n) is 7.82. The molecule has 0 aliphatic heterocycles. The fraction of sp³-hybridized carbons (Fsp3) is 0.185. The summed E-state index contributed by atoms with van der Waals surface area (Å²) in [6.07, 6.45) is 1.35. The van der Waals surface area contributed by atoms with E-state index >= 15 is 0 Å². The third-order valence-electron chi connectivity index (χ3n) is 5.02. The number of ether oxygens (including phenoxy) is 3. The van der Waals surface area contributed by atoms with Gasteiger partial charge in [0, 0.05) is 16.4 Å². The molecule has 0 radical (unpaired) electrons. The fourth-order valence-electron chi connectivity index (χ4n) is 3.08. The summed E-state index contributed by atoms with van der Waals surface area (Å²) in [7, 11) is 1.53. The molecule has 0 atom stereocenters. The van der Waals surface area contributed by atoms with Crippen LogP contribution in [0.2, 0.25) is 5.02 Å². The third-order valence-corrected chi connectivity index (χ3v) is 5.42. The lowest BCUT2D eigenvalue weighted by atomic mass is 10.2. The standard InChI is InChI=1S/C27H27ClN4O6/c1-4-37-24-13-18(15-29-32-27(35)26(34)31-19-8-10-21(36-3)11-9-19)6-12-23(24)38-16-25(33)30-20-7-5-17(2)22(28)14-20/h5-15H,4,16H2,1-3H3,(H,30,33)(H,31,34)(H,32,35)/b29-15-. The molecule has 3 rings (SSSR count). The molecule has 0 unspecified atom stereocenters. The Morgan fingerprint density at radius 1 is 0.895 bits per heavy atom. The Labute approximate surface area is 224 Å². The fourth-order valence-corrected chi connectivity index (χ4v) is 3.26. The molecule has 11 heteroatoms. The lowest BCUT2D eigenvalue weighted by Crippen LogP contribution is -2.32. The monoisotopic (exact) mass is 538 g/mol. The van der Waals surface area contributed by atoms with Crippen LogP contribution in [0, 0.1) is 6.92 Å². The van der Waals surface area contributed by atoms with E-state index < -0.39 is 11.8 Å². The number of methoxy groups -OCH3 is 1. The van der Waals surface area contributed by atoms with Crippen LogP contribution in [0.4, 0.5) is 11.4 Å². The number of halogens is 1. The quantitative estimate of drug-likeness (QED) is 0.202. The third kappa shape index (κ3) is 8.24. The first kappa shape index (κ1) is 28.0. The van der Waals surface area contributed by atoms with Gasteiger partial charge in [-0.1, -0.05) is 17.7 Å². The molecule has 0 saturated heterocycles. The van der Waals surface area contributed by atoms with Gasteiger partial charge in [-0.2, -0.15) is 5.10 Å². The minimum Gasteiger partial charge on any atom is -0.497 e. The number of anilines is 2. The van der Waals surface area contributed by atoms with Crippen molar-refractivity contribution >= 4 is 46.9 Å². The number of amides is 3. The predicted molar refractivity (Wildman–Crippen MR) is 145 cm³/mol. The Morgan fingerprint density at radius 2 is 1.63 bits per heavy atom. The van der Waals surface area contributed by atoms with Gasteiger partial charge in [-0.15, -0.1) is 0 Å². The van der Waals surface area contributed by atoms with Gasteiger partial charge in [-0.3, -0.25) is 14.4 Å². The van der Waals surface area contributed by atoms with Crippen molar-refractivity contribution in [3.05, 3.63) is 76.8 Å². The number of carbonyl (C=O) groups excluding carboxylic acids is 3. The highest BCUT2D eigenvalue weighted by Gasteiger charge is 2.13. The maximum Gasteiger partial charge on any atom is 0.329 e. The number of aryl methyl sites for hydroxylation is 1. The van der Waals surface area contributed by atoms with E-state index in [0.29, 0.717) is 45.8 Å². The first-order valence-corrected chi connectivity index (χ1v) is 11.9. The molecule has 198 valence electrons. The normalized spacial score (nSPS) is 10.5. The Bertz CT molecular complexity index is 1330. The molecule has 0 aliphatic rings. The number of carbonyl (C=O) groups is 3. The Hall–Kier alpha value is -4.57. The van der Waals surface area contributed by atoms with Gasteiger partial charge in [0.15, 0.2) is 18.1 Å². The molecule has 3 N–H and O–H groups in total. The molecular formula is C27H27ClN4O6. The molecule has 3 aromatic carbocycles. The number of hydrazone groups is 1. The molecule has 38 heavy (non-hydrogen) atoms. The molecule has 0 spiro atoms. The number of nitrogens with one attached hydrogen (secondary N) is 3. The van der Waals surface area contributed by atoms with Gasteiger partial charge < -0.3 is 24.8 Å². The van der Waals surface area contributed by atoms with Crippen LogP contribution >= 0.6 is 11.6 Å². The van der Waals surface area contributed by atoms with Gasteiger partial charge in [0.1, 0.15) is 5.75 Å². The number of rotatable bonds is 10. The van der Waals surface area contributed by atoms with Crippen LogP contribution in [0.3, 0.4) is 0 Å². The summed E-state index contributed by atoms with van der Waals surface area (Å²) in [6.45, 7) is 3.78. The first-order chi connectivity index (χ1) is 18.3. The van der Waals surface area contributed by atoms with Crippen LogP contribution in [-0.2, 0) is 14.4 Å². The van der Waals surface area contributed by atoms with Crippen LogP contribution in [-0.4, -0.2) is 44.3 Å². The van der Waals surface area contributed by atoms with E-state index in [1.54, 1.807) is 61.5 Å².